The topological polar surface area (TPSA) is 58.9 Å². The van der Waals surface area contributed by atoms with E-state index in [9.17, 15) is 10.2 Å². The third-order valence-electron chi connectivity index (χ3n) is 8.90. The molecular weight excluding hydrogens is 316 g/mol. The van der Waals surface area contributed by atoms with E-state index in [1.807, 2.05) is 0 Å². The zero-order chi connectivity index (χ0) is 17.4. The number of aliphatic hydroxyl groups is 2. The van der Waals surface area contributed by atoms with E-state index in [-0.39, 0.29) is 23.0 Å². The standard InChI is InChI=1S/C21H32O4/c1-19-6-3-14(22)11-13(19)12-17(23)18-15(19)4-7-20(2)16(18)5-8-21(20)24-9-10-25-21/h12,14-18,22-23H,3-11H2,1-2H3. The molecule has 0 aromatic carbocycles. The van der Waals surface area contributed by atoms with E-state index in [1.165, 1.54) is 5.57 Å². The lowest BCUT2D eigenvalue weighted by molar-refractivity contribution is -0.246. The van der Waals surface area contributed by atoms with Crippen molar-refractivity contribution in [1.29, 1.82) is 0 Å². The summed E-state index contributed by atoms with van der Waals surface area (Å²) in [6.45, 7) is 6.16. The molecule has 1 aliphatic heterocycles. The average molecular weight is 348 g/mol. The van der Waals surface area contributed by atoms with Crippen molar-refractivity contribution < 1.29 is 19.7 Å². The van der Waals surface area contributed by atoms with Gasteiger partial charge in [-0.15, -0.1) is 0 Å². The zero-order valence-electron chi connectivity index (χ0n) is 15.5. The van der Waals surface area contributed by atoms with E-state index in [0.717, 1.165) is 44.9 Å². The van der Waals surface area contributed by atoms with Crippen molar-refractivity contribution in [3.8, 4) is 0 Å². The maximum absolute atomic E-state index is 11.1. The molecule has 1 spiro atoms. The van der Waals surface area contributed by atoms with E-state index < -0.39 is 5.79 Å². The molecule has 2 N–H and O–H groups in total. The van der Waals surface area contributed by atoms with Crippen molar-refractivity contribution in [1.82, 2.24) is 0 Å². The largest absolute Gasteiger partial charge is 0.393 e. The van der Waals surface area contributed by atoms with Crippen LogP contribution in [0.5, 0.6) is 0 Å². The summed E-state index contributed by atoms with van der Waals surface area (Å²) in [5, 5.41) is 21.2. The van der Waals surface area contributed by atoms with Gasteiger partial charge in [0.25, 0.3) is 0 Å². The Morgan fingerprint density at radius 1 is 0.960 bits per heavy atom. The summed E-state index contributed by atoms with van der Waals surface area (Å²) < 4.78 is 12.4. The van der Waals surface area contributed by atoms with Gasteiger partial charge in [-0.1, -0.05) is 25.5 Å². The third-order valence-corrected chi connectivity index (χ3v) is 8.90. The highest BCUT2D eigenvalue weighted by atomic mass is 16.7. The minimum absolute atomic E-state index is 0.0154. The van der Waals surface area contributed by atoms with Crippen LogP contribution in [-0.4, -0.2) is 41.4 Å². The van der Waals surface area contributed by atoms with Crippen molar-refractivity contribution >= 4 is 0 Å². The number of aliphatic hydroxyl groups excluding tert-OH is 2. The molecule has 0 bridgehead atoms. The Kier molecular flexibility index (Phi) is 3.55. The van der Waals surface area contributed by atoms with Crippen molar-refractivity contribution in [2.45, 2.75) is 76.8 Å². The maximum atomic E-state index is 11.1. The van der Waals surface area contributed by atoms with Gasteiger partial charge in [0.1, 0.15) is 0 Å². The molecule has 7 unspecified atom stereocenters. The lowest BCUT2D eigenvalue weighted by Gasteiger charge is -2.59. The van der Waals surface area contributed by atoms with Crippen molar-refractivity contribution in [2.24, 2.45) is 28.6 Å². The van der Waals surface area contributed by atoms with Gasteiger partial charge in [0.15, 0.2) is 5.79 Å². The van der Waals surface area contributed by atoms with Gasteiger partial charge >= 0.3 is 0 Å². The molecule has 25 heavy (non-hydrogen) atoms. The molecule has 0 aromatic rings. The number of rotatable bonds is 0. The van der Waals surface area contributed by atoms with Crippen LogP contribution in [-0.2, 0) is 9.47 Å². The van der Waals surface area contributed by atoms with Gasteiger partial charge in [-0.25, -0.2) is 0 Å². The smallest absolute Gasteiger partial charge is 0.174 e. The highest BCUT2D eigenvalue weighted by Crippen LogP contribution is 2.68. The quantitative estimate of drug-likeness (QED) is 0.661. The van der Waals surface area contributed by atoms with Gasteiger partial charge in [0, 0.05) is 11.8 Å². The average Bonchev–Trinajstić information content (AvgIpc) is 3.17. The van der Waals surface area contributed by atoms with Crippen molar-refractivity contribution in [3.63, 3.8) is 0 Å². The second kappa shape index (κ2) is 5.31. The molecule has 1 heterocycles. The lowest BCUT2D eigenvalue weighted by atomic mass is 9.47. The molecule has 3 saturated carbocycles. The van der Waals surface area contributed by atoms with Crippen molar-refractivity contribution in [2.75, 3.05) is 13.2 Å². The Bertz CT molecular complexity index is 595. The van der Waals surface area contributed by atoms with Crippen LogP contribution < -0.4 is 0 Å². The summed E-state index contributed by atoms with van der Waals surface area (Å²) in [6, 6.07) is 0. The van der Waals surface area contributed by atoms with E-state index in [0.29, 0.717) is 31.0 Å². The Morgan fingerprint density at radius 3 is 2.44 bits per heavy atom. The van der Waals surface area contributed by atoms with E-state index in [2.05, 4.69) is 19.9 Å². The number of hydrogen-bond acceptors (Lipinski definition) is 4. The Hall–Kier alpha value is -0.420. The number of ether oxygens (including phenoxy) is 2. The molecule has 5 rings (SSSR count). The van der Waals surface area contributed by atoms with Crippen LogP contribution in [0.25, 0.3) is 0 Å². The predicted molar refractivity (Wildman–Crippen MR) is 93.7 cm³/mol. The number of fused-ring (bicyclic) bond motifs is 6. The fourth-order valence-electron chi connectivity index (χ4n) is 7.52. The third kappa shape index (κ3) is 2.03. The molecule has 1 saturated heterocycles. The predicted octanol–water partition coefficient (Wildman–Crippen LogP) is 3.02. The van der Waals surface area contributed by atoms with Gasteiger partial charge in [0.2, 0.25) is 0 Å². The summed E-state index contributed by atoms with van der Waals surface area (Å²) in [6.07, 6.45) is 8.50. The normalized spacial score (nSPS) is 53.9. The lowest BCUT2D eigenvalue weighted by Crippen LogP contribution is -2.58. The molecule has 4 aliphatic carbocycles. The Labute approximate surface area is 150 Å². The fourth-order valence-corrected chi connectivity index (χ4v) is 7.52. The number of hydrogen-bond donors (Lipinski definition) is 2. The van der Waals surface area contributed by atoms with Crippen LogP contribution in [0.15, 0.2) is 11.6 Å². The van der Waals surface area contributed by atoms with E-state index in [4.69, 9.17) is 9.47 Å². The van der Waals surface area contributed by atoms with Gasteiger partial charge < -0.3 is 19.7 Å². The first-order valence-corrected chi connectivity index (χ1v) is 10.2. The summed E-state index contributed by atoms with van der Waals surface area (Å²) in [5.41, 5.74) is 1.48. The van der Waals surface area contributed by atoms with Gasteiger partial charge in [-0.05, 0) is 61.7 Å². The molecular formula is C21H32O4. The molecule has 4 fully saturated rings. The molecule has 7 atom stereocenters. The molecule has 0 aromatic heterocycles. The minimum Gasteiger partial charge on any atom is -0.393 e. The first kappa shape index (κ1) is 16.7. The first-order chi connectivity index (χ1) is 11.9. The van der Waals surface area contributed by atoms with Gasteiger partial charge in [-0.3, -0.25) is 0 Å². The summed E-state index contributed by atoms with van der Waals surface area (Å²) in [7, 11) is 0. The van der Waals surface area contributed by atoms with Crippen LogP contribution >= 0.6 is 0 Å². The Balaban J connectivity index is 1.53. The highest BCUT2D eigenvalue weighted by molar-refractivity contribution is 5.28. The monoisotopic (exact) mass is 348 g/mol. The van der Waals surface area contributed by atoms with Crippen molar-refractivity contribution in [3.05, 3.63) is 11.6 Å². The van der Waals surface area contributed by atoms with Crippen LogP contribution in [0.1, 0.15) is 58.8 Å². The van der Waals surface area contributed by atoms with Crippen LogP contribution in [0.4, 0.5) is 0 Å². The maximum Gasteiger partial charge on any atom is 0.174 e. The second-order valence-electron chi connectivity index (χ2n) is 9.73. The van der Waals surface area contributed by atoms with Crippen LogP contribution in [0.3, 0.4) is 0 Å². The van der Waals surface area contributed by atoms with Crippen LogP contribution in [0.2, 0.25) is 0 Å². The molecule has 4 heteroatoms. The van der Waals surface area contributed by atoms with Gasteiger partial charge in [0.05, 0.1) is 25.4 Å². The first-order valence-electron chi connectivity index (χ1n) is 10.2. The molecule has 0 radical (unpaired) electrons. The summed E-state index contributed by atoms with van der Waals surface area (Å²) >= 11 is 0. The van der Waals surface area contributed by atoms with E-state index >= 15 is 0 Å². The summed E-state index contributed by atoms with van der Waals surface area (Å²) in [5.74, 6) is 0.871. The molecule has 4 nitrogen and oxygen atoms in total. The van der Waals surface area contributed by atoms with E-state index in [1.54, 1.807) is 0 Å². The summed E-state index contributed by atoms with van der Waals surface area (Å²) in [4.78, 5) is 0. The van der Waals surface area contributed by atoms with Crippen LogP contribution in [0, 0.1) is 28.6 Å². The fraction of sp³-hybridized carbons (Fsp3) is 0.905. The Morgan fingerprint density at radius 2 is 1.68 bits per heavy atom. The minimum atomic E-state index is -0.407. The highest BCUT2D eigenvalue weighted by Gasteiger charge is 2.67. The molecule has 140 valence electrons. The molecule has 5 aliphatic rings. The SMILES string of the molecule is CC12CCC(O)CC1=CC(O)C1C2CCC2(C)C1CCC21OCCO1. The zero-order valence-corrected chi connectivity index (χ0v) is 15.5. The van der Waals surface area contributed by atoms with Gasteiger partial charge in [-0.2, -0.15) is 0 Å². The molecule has 0 amide bonds. The second-order valence-corrected chi connectivity index (χ2v) is 9.73.